The first-order chi connectivity index (χ1) is 7.19. The molecule has 1 saturated carbocycles. The van der Waals surface area contributed by atoms with Gasteiger partial charge in [0.25, 0.3) is 0 Å². The van der Waals surface area contributed by atoms with Gasteiger partial charge in [-0.2, -0.15) is 13.2 Å². The van der Waals surface area contributed by atoms with Crippen LogP contribution in [0.4, 0.5) is 13.2 Å². The van der Waals surface area contributed by atoms with E-state index in [-0.39, 0.29) is 11.8 Å². The standard InChI is InChI=1S/C10H14F3N3/c1-9(2,3)8-5-16(15-14-8)7-4-6(7)10(11,12)13/h5-7H,4H2,1-3H3/t6-,7?/m0/s1. The largest absolute Gasteiger partial charge is 0.393 e. The summed E-state index contributed by atoms with van der Waals surface area (Å²) in [6.45, 7) is 5.86. The van der Waals surface area contributed by atoms with Crippen molar-refractivity contribution in [2.24, 2.45) is 5.92 Å². The number of hydrogen-bond acceptors (Lipinski definition) is 2. The van der Waals surface area contributed by atoms with Gasteiger partial charge < -0.3 is 0 Å². The zero-order valence-corrected chi connectivity index (χ0v) is 9.41. The molecule has 1 aromatic heterocycles. The Morgan fingerprint density at radius 1 is 1.31 bits per heavy atom. The number of rotatable bonds is 1. The molecule has 6 heteroatoms. The van der Waals surface area contributed by atoms with Gasteiger partial charge in [0.1, 0.15) is 0 Å². The minimum absolute atomic E-state index is 0.121. The van der Waals surface area contributed by atoms with Gasteiger partial charge in [-0.15, -0.1) is 5.10 Å². The monoisotopic (exact) mass is 233 g/mol. The lowest BCUT2D eigenvalue weighted by molar-refractivity contribution is -0.150. The molecule has 1 aromatic rings. The predicted molar refractivity (Wildman–Crippen MR) is 51.9 cm³/mol. The third-order valence-corrected chi connectivity index (χ3v) is 2.80. The van der Waals surface area contributed by atoms with Crippen molar-refractivity contribution in [1.82, 2.24) is 15.0 Å². The van der Waals surface area contributed by atoms with Gasteiger partial charge in [-0.3, -0.25) is 0 Å². The van der Waals surface area contributed by atoms with Gasteiger partial charge in [-0.25, -0.2) is 4.68 Å². The van der Waals surface area contributed by atoms with Crippen LogP contribution in [0.2, 0.25) is 0 Å². The van der Waals surface area contributed by atoms with Crippen LogP contribution in [-0.4, -0.2) is 21.2 Å². The molecule has 16 heavy (non-hydrogen) atoms. The minimum atomic E-state index is -4.11. The Balaban J connectivity index is 2.11. The van der Waals surface area contributed by atoms with Gasteiger partial charge >= 0.3 is 6.18 Å². The second-order valence-corrected chi connectivity index (χ2v) is 5.28. The minimum Gasteiger partial charge on any atom is -0.249 e. The van der Waals surface area contributed by atoms with Crippen LogP contribution in [0.5, 0.6) is 0 Å². The quantitative estimate of drug-likeness (QED) is 0.746. The predicted octanol–water partition coefficient (Wildman–Crippen LogP) is 2.70. The number of aromatic nitrogens is 3. The SMILES string of the molecule is CC(C)(C)c1cn(C2C[C@@H]2C(F)(F)F)nn1. The number of hydrogen-bond donors (Lipinski definition) is 0. The Bertz CT molecular complexity index is 389. The molecule has 1 heterocycles. The maximum Gasteiger partial charge on any atom is 0.393 e. The van der Waals surface area contributed by atoms with Crippen LogP contribution >= 0.6 is 0 Å². The number of halogens is 3. The summed E-state index contributed by atoms with van der Waals surface area (Å²) >= 11 is 0. The smallest absolute Gasteiger partial charge is 0.249 e. The Kier molecular flexibility index (Phi) is 2.29. The molecule has 0 amide bonds. The van der Waals surface area contributed by atoms with Crippen LogP contribution in [0.25, 0.3) is 0 Å². The van der Waals surface area contributed by atoms with Gasteiger partial charge in [-0.1, -0.05) is 26.0 Å². The fourth-order valence-corrected chi connectivity index (χ4v) is 1.61. The molecule has 0 bridgehead atoms. The third-order valence-electron chi connectivity index (χ3n) is 2.80. The Morgan fingerprint density at radius 2 is 1.94 bits per heavy atom. The van der Waals surface area contributed by atoms with Crippen molar-refractivity contribution in [3.63, 3.8) is 0 Å². The summed E-state index contributed by atoms with van der Waals surface area (Å²) in [7, 11) is 0. The zero-order valence-electron chi connectivity index (χ0n) is 9.41. The molecule has 3 nitrogen and oxygen atoms in total. The molecule has 1 aliphatic rings. The molecule has 0 radical (unpaired) electrons. The highest BCUT2D eigenvalue weighted by atomic mass is 19.4. The molecule has 0 saturated heterocycles. The molecule has 2 rings (SSSR count). The van der Waals surface area contributed by atoms with E-state index >= 15 is 0 Å². The van der Waals surface area contributed by atoms with Crippen molar-refractivity contribution in [1.29, 1.82) is 0 Å². The summed E-state index contributed by atoms with van der Waals surface area (Å²) in [6.07, 6.45) is -2.37. The molecular formula is C10H14F3N3. The summed E-state index contributed by atoms with van der Waals surface area (Å²) in [4.78, 5) is 0. The first-order valence-corrected chi connectivity index (χ1v) is 5.18. The summed E-state index contributed by atoms with van der Waals surface area (Å²) in [5, 5.41) is 7.69. The van der Waals surface area contributed by atoms with E-state index in [1.54, 1.807) is 6.20 Å². The van der Waals surface area contributed by atoms with E-state index in [1.807, 2.05) is 20.8 Å². The van der Waals surface area contributed by atoms with Crippen LogP contribution < -0.4 is 0 Å². The molecule has 0 aliphatic heterocycles. The second-order valence-electron chi connectivity index (χ2n) is 5.28. The lowest BCUT2D eigenvalue weighted by Crippen LogP contribution is -2.14. The molecule has 1 unspecified atom stereocenters. The maximum atomic E-state index is 12.4. The van der Waals surface area contributed by atoms with Crippen molar-refractivity contribution in [3.8, 4) is 0 Å². The highest BCUT2D eigenvalue weighted by Gasteiger charge is 2.57. The summed E-state index contributed by atoms with van der Waals surface area (Å²) in [6, 6.07) is -0.552. The Hall–Kier alpha value is -1.07. The summed E-state index contributed by atoms with van der Waals surface area (Å²) < 4.78 is 38.4. The first kappa shape index (κ1) is 11.4. The van der Waals surface area contributed by atoms with Gasteiger partial charge in [-0.05, 0) is 6.42 Å². The van der Waals surface area contributed by atoms with Crippen molar-refractivity contribution in [2.45, 2.75) is 44.8 Å². The van der Waals surface area contributed by atoms with E-state index in [0.717, 1.165) is 5.69 Å². The Labute approximate surface area is 91.6 Å². The average molecular weight is 233 g/mol. The Morgan fingerprint density at radius 3 is 2.31 bits per heavy atom. The van der Waals surface area contributed by atoms with E-state index < -0.39 is 18.1 Å². The second kappa shape index (κ2) is 3.21. The summed E-state index contributed by atoms with van der Waals surface area (Å²) in [5.41, 5.74) is 0.543. The van der Waals surface area contributed by atoms with E-state index in [0.29, 0.717) is 0 Å². The lowest BCUT2D eigenvalue weighted by Gasteiger charge is -2.12. The number of alkyl halides is 3. The van der Waals surface area contributed by atoms with Crippen molar-refractivity contribution < 1.29 is 13.2 Å². The molecule has 0 aromatic carbocycles. The van der Waals surface area contributed by atoms with Crippen LogP contribution in [0.3, 0.4) is 0 Å². The van der Waals surface area contributed by atoms with Gasteiger partial charge in [0.2, 0.25) is 0 Å². The molecule has 90 valence electrons. The van der Waals surface area contributed by atoms with Crippen molar-refractivity contribution in [2.75, 3.05) is 0 Å². The fraction of sp³-hybridized carbons (Fsp3) is 0.800. The molecule has 2 atom stereocenters. The highest BCUT2D eigenvalue weighted by molar-refractivity contribution is 5.08. The van der Waals surface area contributed by atoms with Gasteiger partial charge in [0.15, 0.2) is 0 Å². The zero-order chi connectivity index (χ0) is 12.1. The molecule has 1 aliphatic carbocycles. The highest BCUT2D eigenvalue weighted by Crippen LogP contribution is 2.52. The fourth-order valence-electron chi connectivity index (χ4n) is 1.61. The average Bonchev–Trinajstić information content (AvgIpc) is 2.74. The van der Waals surface area contributed by atoms with Crippen LogP contribution in [0, 0.1) is 5.92 Å². The summed E-state index contributed by atoms with van der Waals surface area (Å²) in [5.74, 6) is -1.25. The van der Waals surface area contributed by atoms with Crippen LogP contribution in [0.1, 0.15) is 38.9 Å². The third kappa shape index (κ3) is 2.05. The van der Waals surface area contributed by atoms with E-state index in [2.05, 4.69) is 10.3 Å². The van der Waals surface area contributed by atoms with E-state index in [9.17, 15) is 13.2 Å². The van der Waals surface area contributed by atoms with Crippen LogP contribution in [0.15, 0.2) is 6.20 Å². The molecule has 1 fully saturated rings. The van der Waals surface area contributed by atoms with E-state index in [4.69, 9.17) is 0 Å². The van der Waals surface area contributed by atoms with Gasteiger partial charge in [0, 0.05) is 11.6 Å². The van der Waals surface area contributed by atoms with Crippen molar-refractivity contribution >= 4 is 0 Å². The maximum absolute atomic E-state index is 12.4. The molecule has 0 spiro atoms. The molecular weight excluding hydrogens is 219 g/mol. The number of nitrogens with zero attached hydrogens (tertiary/aromatic N) is 3. The van der Waals surface area contributed by atoms with E-state index in [1.165, 1.54) is 4.68 Å². The van der Waals surface area contributed by atoms with Crippen LogP contribution in [-0.2, 0) is 5.41 Å². The lowest BCUT2D eigenvalue weighted by atomic mass is 9.93. The molecule has 0 N–H and O–H groups in total. The first-order valence-electron chi connectivity index (χ1n) is 5.18. The van der Waals surface area contributed by atoms with Gasteiger partial charge in [0.05, 0.1) is 17.7 Å². The van der Waals surface area contributed by atoms with Crippen molar-refractivity contribution in [3.05, 3.63) is 11.9 Å². The topological polar surface area (TPSA) is 30.7 Å². The normalized spacial score (nSPS) is 25.9.